The van der Waals surface area contributed by atoms with E-state index in [2.05, 4.69) is 31.3 Å². The van der Waals surface area contributed by atoms with Gasteiger partial charge in [0.15, 0.2) is 0 Å². The Morgan fingerprint density at radius 2 is 1.83 bits per heavy atom. The highest BCUT2D eigenvalue weighted by Crippen LogP contribution is 2.42. The second kappa shape index (κ2) is 11.3. The zero-order chi connectivity index (χ0) is 25.8. The van der Waals surface area contributed by atoms with E-state index in [-0.39, 0.29) is 35.7 Å². The van der Waals surface area contributed by atoms with Crippen molar-refractivity contribution in [3.63, 3.8) is 0 Å². The highest BCUT2D eigenvalue weighted by Gasteiger charge is 2.40. The van der Waals surface area contributed by atoms with Gasteiger partial charge in [0.2, 0.25) is 5.91 Å². The van der Waals surface area contributed by atoms with E-state index in [1.807, 2.05) is 30.9 Å². The molecule has 7 heteroatoms. The molecule has 1 aliphatic rings. The SMILES string of the molecule is CC(=O)OCc1cccc(C(=O)N[C@@H](C(=O)N2CCC(c3ccc(Cl)cc3)C(C)(C)C2)C(C)C)c1. The first kappa shape index (κ1) is 26.7. The number of nitrogens with one attached hydrogen (secondary N) is 1. The number of nitrogens with zero attached hydrogens (tertiary/aromatic N) is 1. The summed E-state index contributed by atoms with van der Waals surface area (Å²) in [6.45, 7) is 10.9. The predicted octanol–water partition coefficient (Wildman–Crippen LogP) is 5.20. The van der Waals surface area contributed by atoms with Crippen LogP contribution >= 0.6 is 11.6 Å². The molecule has 6 nitrogen and oxygen atoms in total. The van der Waals surface area contributed by atoms with E-state index in [1.165, 1.54) is 12.5 Å². The van der Waals surface area contributed by atoms with Crippen LogP contribution in [0.5, 0.6) is 0 Å². The topological polar surface area (TPSA) is 75.7 Å². The standard InChI is InChI=1S/C28H35ClN2O4/c1-18(2)25(30-26(33)22-8-6-7-20(15-22)16-35-19(3)32)27(34)31-14-13-24(28(4,5)17-31)21-9-11-23(29)12-10-21/h6-12,15,18,24-25H,13-14,16-17H2,1-5H3,(H,30,33)/t24?,25-/m1/s1. The first-order valence-corrected chi connectivity index (χ1v) is 12.4. The zero-order valence-electron chi connectivity index (χ0n) is 21.1. The monoisotopic (exact) mass is 498 g/mol. The Labute approximate surface area is 213 Å². The minimum atomic E-state index is -0.637. The fourth-order valence-corrected chi connectivity index (χ4v) is 4.91. The number of ether oxygens (including phenoxy) is 1. The van der Waals surface area contributed by atoms with Crippen molar-refractivity contribution in [2.75, 3.05) is 13.1 Å². The summed E-state index contributed by atoms with van der Waals surface area (Å²) < 4.78 is 5.03. The second-order valence-corrected chi connectivity index (χ2v) is 10.8. The third-order valence-electron chi connectivity index (χ3n) is 6.66. The Morgan fingerprint density at radius 1 is 1.14 bits per heavy atom. The summed E-state index contributed by atoms with van der Waals surface area (Å²) in [5.41, 5.74) is 2.24. The van der Waals surface area contributed by atoms with Crippen LogP contribution in [-0.2, 0) is 20.9 Å². The van der Waals surface area contributed by atoms with Gasteiger partial charge in [0.25, 0.3) is 5.91 Å². The number of benzene rings is 2. The van der Waals surface area contributed by atoms with Gasteiger partial charge in [-0.2, -0.15) is 0 Å². The van der Waals surface area contributed by atoms with Gasteiger partial charge in [0.05, 0.1) is 0 Å². The number of likely N-dealkylation sites (tertiary alicyclic amines) is 1. The minimum absolute atomic E-state index is 0.0629. The number of halogens is 1. The maximum atomic E-state index is 13.6. The van der Waals surface area contributed by atoms with Crippen molar-refractivity contribution in [2.45, 2.75) is 59.6 Å². The molecule has 2 amide bonds. The normalized spacial score (nSPS) is 18.1. The van der Waals surface area contributed by atoms with Gasteiger partial charge in [0, 0.05) is 30.6 Å². The Morgan fingerprint density at radius 3 is 2.43 bits per heavy atom. The van der Waals surface area contributed by atoms with E-state index in [1.54, 1.807) is 24.3 Å². The number of piperidine rings is 1. The van der Waals surface area contributed by atoms with Crippen LogP contribution in [0.2, 0.25) is 5.02 Å². The molecule has 1 heterocycles. The summed E-state index contributed by atoms with van der Waals surface area (Å²) in [6, 6.07) is 14.2. The molecule has 1 fully saturated rings. The first-order valence-electron chi connectivity index (χ1n) is 12.1. The molecule has 2 atom stereocenters. The molecule has 2 aromatic carbocycles. The van der Waals surface area contributed by atoms with Crippen molar-refractivity contribution >= 4 is 29.4 Å². The lowest BCUT2D eigenvalue weighted by Crippen LogP contribution is -2.55. The van der Waals surface area contributed by atoms with Crippen molar-refractivity contribution in [1.29, 1.82) is 0 Å². The van der Waals surface area contributed by atoms with Gasteiger partial charge in [-0.15, -0.1) is 0 Å². The van der Waals surface area contributed by atoms with Crippen LogP contribution in [-0.4, -0.2) is 41.8 Å². The average Bonchev–Trinajstić information content (AvgIpc) is 2.80. The van der Waals surface area contributed by atoms with Crippen molar-refractivity contribution < 1.29 is 19.1 Å². The van der Waals surface area contributed by atoms with Gasteiger partial charge < -0.3 is 15.0 Å². The van der Waals surface area contributed by atoms with Crippen LogP contribution in [0.1, 0.15) is 68.4 Å². The molecule has 1 unspecified atom stereocenters. The van der Waals surface area contributed by atoms with Crippen LogP contribution in [0, 0.1) is 11.3 Å². The smallest absolute Gasteiger partial charge is 0.302 e. The lowest BCUT2D eigenvalue weighted by molar-refractivity contribution is -0.142. The Bertz CT molecular complexity index is 1060. The van der Waals surface area contributed by atoms with E-state index in [0.29, 0.717) is 35.2 Å². The molecule has 2 aromatic rings. The van der Waals surface area contributed by atoms with Gasteiger partial charge in [-0.1, -0.05) is 63.6 Å². The Hall–Kier alpha value is -2.86. The molecule has 0 radical (unpaired) electrons. The van der Waals surface area contributed by atoms with Crippen molar-refractivity contribution in [1.82, 2.24) is 10.2 Å². The van der Waals surface area contributed by atoms with E-state index in [4.69, 9.17) is 16.3 Å². The lowest BCUT2D eigenvalue weighted by Gasteiger charge is -2.45. The molecule has 35 heavy (non-hydrogen) atoms. The minimum Gasteiger partial charge on any atom is -0.461 e. The molecule has 0 aliphatic carbocycles. The lowest BCUT2D eigenvalue weighted by atomic mass is 9.70. The largest absolute Gasteiger partial charge is 0.461 e. The summed E-state index contributed by atoms with van der Waals surface area (Å²) in [6.07, 6.45) is 0.845. The molecule has 1 N–H and O–H groups in total. The number of carbonyl (C=O) groups excluding carboxylic acids is 3. The van der Waals surface area contributed by atoms with Crippen LogP contribution in [0.3, 0.4) is 0 Å². The van der Waals surface area contributed by atoms with Gasteiger partial charge in [-0.25, -0.2) is 0 Å². The number of rotatable bonds is 7. The predicted molar refractivity (Wildman–Crippen MR) is 137 cm³/mol. The summed E-state index contributed by atoms with van der Waals surface area (Å²) in [5, 5.41) is 3.66. The second-order valence-electron chi connectivity index (χ2n) is 10.3. The molecule has 0 bridgehead atoms. The Balaban J connectivity index is 1.70. The highest BCUT2D eigenvalue weighted by atomic mass is 35.5. The number of hydrogen-bond acceptors (Lipinski definition) is 4. The fraction of sp³-hybridized carbons (Fsp3) is 0.464. The third kappa shape index (κ3) is 6.85. The third-order valence-corrected chi connectivity index (χ3v) is 6.92. The molecule has 0 spiro atoms. The van der Waals surface area contributed by atoms with Gasteiger partial charge in [-0.3, -0.25) is 14.4 Å². The molecule has 1 aliphatic heterocycles. The van der Waals surface area contributed by atoms with Crippen molar-refractivity contribution in [3.8, 4) is 0 Å². The maximum absolute atomic E-state index is 13.6. The number of esters is 1. The van der Waals surface area contributed by atoms with Gasteiger partial charge >= 0.3 is 5.97 Å². The number of amides is 2. The summed E-state index contributed by atoms with van der Waals surface area (Å²) >= 11 is 6.07. The molecular formula is C28H35ClN2O4. The quantitative estimate of drug-likeness (QED) is 0.532. The molecule has 0 saturated carbocycles. The van der Waals surface area contributed by atoms with Crippen molar-refractivity contribution in [3.05, 3.63) is 70.2 Å². The van der Waals surface area contributed by atoms with Crippen LogP contribution in [0.25, 0.3) is 0 Å². The van der Waals surface area contributed by atoms with Crippen LogP contribution < -0.4 is 5.32 Å². The molecule has 1 saturated heterocycles. The van der Waals surface area contributed by atoms with Crippen molar-refractivity contribution in [2.24, 2.45) is 11.3 Å². The Kier molecular flexibility index (Phi) is 8.60. The first-order chi connectivity index (χ1) is 16.5. The maximum Gasteiger partial charge on any atom is 0.302 e. The van der Waals surface area contributed by atoms with E-state index >= 15 is 0 Å². The van der Waals surface area contributed by atoms with E-state index in [9.17, 15) is 14.4 Å². The van der Waals surface area contributed by atoms with E-state index in [0.717, 1.165) is 6.42 Å². The summed E-state index contributed by atoms with van der Waals surface area (Å²) in [4.78, 5) is 39.6. The number of hydrogen-bond donors (Lipinski definition) is 1. The fourth-order valence-electron chi connectivity index (χ4n) is 4.78. The molecule has 0 aromatic heterocycles. The van der Waals surface area contributed by atoms with E-state index < -0.39 is 6.04 Å². The highest BCUT2D eigenvalue weighted by molar-refractivity contribution is 6.30. The number of carbonyl (C=O) groups is 3. The molecule has 188 valence electrons. The molecule has 3 rings (SSSR count). The van der Waals surface area contributed by atoms with Crippen LogP contribution in [0.15, 0.2) is 48.5 Å². The molecular weight excluding hydrogens is 464 g/mol. The van der Waals surface area contributed by atoms with Gasteiger partial charge in [-0.05, 0) is 59.1 Å². The van der Waals surface area contributed by atoms with Gasteiger partial charge in [0.1, 0.15) is 12.6 Å². The van der Waals surface area contributed by atoms with Crippen LogP contribution in [0.4, 0.5) is 0 Å². The average molecular weight is 499 g/mol. The zero-order valence-corrected chi connectivity index (χ0v) is 21.9. The summed E-state index contributed by atoms with van der Waals surface area (Å²) in [7, 11) is 0. The summed E-state index contributed by atoms with van der Waals surface area (Å²) in [5.74, 6) is -0.527.